The van der Waals surface area contributed by atoms with Gasteiger partial charge in [-0.25, -0.2) is 14.6 Å². The van der Waals surface area contributed by atoms with E-state index < -0.39 is 11.9 Å². The predicted octanol–water partition coefficient (Wildman–Crippen LogP) is 1.12. The summed E-state index contributed by atoms with van der Waals surface area (Å²) in [5, 5.41) is 9.12. The molecule has 0 fully saturated rings. The Morgan fingerprint density at radius 1 is 1.29 bits per heavy atom. The van der Waals surface area contributed by atoms with Crippen LogP contribution in [0.15, 0.2) is 23.2 Å². The zero-order chi connectivity index (χ0) is 15.8. The van der Waals surface area contributed by atoms with E-state index in [9.17, 15) is 9.59 Å². The number of hydrogen-bond acceptors (Lipinski definition) is 4. The molecular formula is C14H19N3O4. The van der Waals surface area contributed by atoms with Crippen LogP contribution in [0.2, 0.25) is 0 Å². The molecule has 1 rings (SSSR count). The van der Waals surface area contributed by atoms with Crippen LogP contribution in [0.5, 0.6) is 0 Å². The Labute approximate surface area is 122 Å². The summed E-state index contributed by atoms with van der Waals surface area (Å²) in [6.07, 6.45) is 1.60. The van der Waals surface area contributed by atoms with E-state index in [1.807, 2.05) is 6.92 Å². The maximum Gasteiger partial charge on any atom is 0.339 e. The third kappa shape index (κ3) is 5.13. The van der Waals surface area contributed by atoms with Gasteiger partial charge in [0.1, 0.15) is 0 Å². The molecule has 1 aromatic rings. The molecule has 21 heavy (non-hydrogen) atoms. The quantitative estimate of drug-likeness (QED) is 0.299. The van der Waals surface area contributed by atoms with E-state index in [1.165, 1.54) is 12.1 Å². The van der Waals surface area contributed by atoms with Gasteiger partial charge in [-0.05, 0) is 24.1 Å². The van der Waals surface area contributed by atoms with Crippen LogP contribution in [0.25, 0.3) is 0 Å². The van der Waals surface area contributed by atoms with E-state index in [1.54, 1.807) is 6.07 Å². The first-order valence-corrected chi connectivity index (χ1v) is 6.54. The van der Waals surface area contributed by atoms with Crippen molar-refractivity contribution in [3.8, 4) is 0 Å². The van der Waals surface area contributed by atoms with Crippen molar-refractivity contribution in [3.05, 3.63) is 34.9 Å². The SMILES string of the molecule is CCCCOC(=O)c1cc(CN=C(N)N)ccc1C(=O)O. The number of aromatic carboxylic acids is 1. The number of carbonyl (C=O) groups is 2. The number of carboxylic acids is 1. The number of carboxylic acid groups (broad SMARTS) is 1. The first kappa shape index (κ1) is 16.5. The van der Waals surface area contributed by atoms with Crippen molar-refractivity contribution in [2.45, 2.75) is 26.3 Å². The van der Waals surface area contributed by atoms with E-state index >= 15 is 0 Å². The maximum atomic E-state index is 12.0. The van der Waals surface area contributed by atoms with Gasteiger partial charge in [0.25, 0.3) is 0 Å². The van der Waals surface area contributed by atoms with E-state index in [-0.39, 0.29) is 30.2 Å². The van der Waals surface area contributed by atoms with Gasteiger partial charge in [0, 0.05) is 0 Å². The van der Waals surface area contributed by atoms with Gasteiger partial charge in [0.15, 0.2) is 5.96 Å². The van der Waals surface area contributed by atoms with Gasteiger partial charge in [0.05, 0.1) is 24.3 Å². The standard InChI is InChI=1S/C14H19N3O4/c1-2-3-6-21-13(20)11-7-9(8-17-14(15)16)4-5-10(11)12(18)19/h4-5,7H,2-3,6,8H2,1H3,(H,18,19)(H4,15,16,17). The smallest absolute Gasteiger partial charge is 0.339 e. The Morgan fingerprint density at radius 3 is 2.57 bits per heavy atom. The molecule has 114 valence electrons. The average molecular weight is 293 g/mol. The summed E-state index contributed by atoms with van der Waals surface area (Å²) in [6, 6.07) is 4.33. The third-order valence-corrected chi connectivity index (χ3v) is 2.71. The zero-order valence-corrected chi connectivity index (χ0v) is 11.8. The largest absolute Gasteiger partial charge is 0.478 e. The lowest BCUT2D eigenvalue weighted by Crippen LogP contribution is -2.22. The number of aliphatic imine (C=N–C) groups is 1. The van der Waals surface area contributed by atoms with Crippen LogP contribution in [0.3, 0.4) is 0 Å². The molecule has 1 aromatic carbocycles. The molecule has 0 unspecified atom stereocenters. The predicted molar refractivity (Wildman–Crippen MR) is 78.1 cm³/mol. The third-order valence-electron chi connectivity index (χ3n) is 2.71. The van der Waals surface area contributed by atoms with Gasteiger partial charge in [-0.3, -0.25) is 0 Å². The monoisotopic (exact) mass is 293 g/mol. The molecule has 5 N–H and O–H groups in total. The number of ether oxygens (including phenoxy) is 1. The highest BCUT2D eigenvalue weighted by Crippen LogP contribution is 2.15. The molecule has 0 bridgehead atoms. The molecule has 0 saturated heterocycles. The van der Waals surface area contributed by atoms with Crippen LogP contribution in [0, 0.1) is 0 Å². The minimum Gasteiger partial charge on any atom is -0.478 e. The lowest BCUT2D eigenvalue weighted by Gasteiger charge is -2.08. The Balaban J connectivity index is 3.00. The highest BCUT2D eigenvalue weighted by molar-refractivity contribution is 6.02. The Bertz CT molecular complexity index is 551. The number of rotatable bonds is 7. The Hall–Kier alpha value is -2.57. The van der Waals surface area contributed by atoms with Crippen molar-refractivity contribution in [2.75, 3.05) is 6.61 Å². The topological polar surface area (TPSA) is 128 Å². The van der Waals surface area contributed by atoms with Crippen molar-refractivity contribution in [1.82, 2.24) is 0 Å². The highest BCUT2D eigenvalue weighted by atomic mass is 16.5. The fourth-order valence-electron chi connectivity index (χ4n) is 1.61. The van der Waals surface area contributed by atoms with Crippen LogP contribution in [-0.2, 0) is 11.3 Å². The summed E-state index contributed by atoms with van der Waals surface area (Å²) in [5.41, 5.74) is 11.0. The Morgan fingerprint density at radius 2 is 2.00 bits per heavy atom. The molecule has 7 heteroatoms. The first-order chi connectivity index (χ1) is 9.95. The van der Waals surface area contributed by atoms with Gasteiger partial charge in [-0.2, -0.15) is 0 Å². The lowest BCUT2D eigenvalue weighted by molar-refractivity contribution is 0.0489. The number of unbranched alkanes of at least 4 members (excludes halogenated alkanes) is 1. The number of nitrogens with zero attached hydrogens (tertiary/aromatic N) is 1. The molecule has 0 amide bonds. The zero-order valence-electron chi connectivity index (χ0n) is 11.8. The van der Waals surface area contributed by atoms with Crippen molar-refractivity contribution in [1.29, 1.82) is 0 Å². The summed E-state index contributed by atoms with van der Waals surface area (Å²) in [7, 11) is 0. The summed E-state index contributed by atoms with van der Waals surface area (Å²) >= 11 is 0. The average Bonchev–Trinajstić information content (AvgIpc) is 2.44. The molecule has 0 aromatic heterocycles. The number of guanidine groups is 1. The summed E-state index contributed by atoms with van der Waals surface area (Å²) in [4.78, 5) is 26.9. The molecule has 0 radical (unpaired) electrons. The lowest BCUT2D eigenvalue weighted by atomic mass is 10.0. The van der Waals surface area contributed by atoms with Gasteiger partial charge in [-0.1, -0.05) is 19.4 Å². The number of carbonyl (C=O) groups excluding carboxylic acids is 1. The first-order valence-electron chi connectivity index (χ1n) is 6.54. The molecule has 0 atom stereocenters. The summed E-state index contributed by atoms with van der Waals surface area (Å²) in [6.45, 7) is 2.39. The number of esters is 1. The van der Waals surface area contributed by atoms with Crippen LogP contribution < -0.4 is 11.5 Å². The van der Waals surface area contributed by atoms with Gasteiger partial charge >= 0.3 is 11.9 Å². The van der Waals surface area contributed by atoms with E-state index in [0.717, 1.165) is 12.8 Å². The fraction of sp³-hybridized carbons (Fsp3) is 0.357. The fourth-order valence-corrected chi connectivity index (χ4v) is 1.61. The summed E-state index contributed by atoms with van der Waals surface area (Å²) < 4.78 is 5.05. The molecule has 0 aliphatic carbocycles. The van der Waals surface area contributed by atoms with E-state index in [2.05, 4.69) is 4.99 Å². The van der Waals surface area contributed by atoms with Crippen LogP contribution in [-0.4, -0.2) is 29.6 Å². The second kappa shape index (κ2) is 7.88. The van der Waals surface area contributed by atoms with Gasteiger partial charge in [-0.15, -0.1) is 0 Å². The van der Waals surface area contributed by atoms with Gasteiger partial charge < -0.3 is 21.3 Å². The maximum absolute atomic E-state index is 12.0. The summed E-state index contributed by atoms with van der Waals surface area (Å²) in [5.74, 6) is -1.93. The Kier molecular flexibility index (Phi) is 6.19. The van der Waals surface area contributed by atoms with E-state index in [4.69, 9.17) is 21.3 Å². The minimum atomic E-state index is -1.19. The minimum absolute atomic E-state index is 0.00176. The molecule has 0 saturated carbocycles. The second-order valence-electron chi connectivity index (χ2n) is 4.42. The number of benzene rings is 1. The van der Waals surface area contributed by atoms with Crippen LogP contribution >= 0.6 is 0 Å². The van der Waals surface area contributed by atoms with Crippen LogP contribution in [0.1, 0.15) is 46.0 Å². The molecule has 0 aliphatic heterocycles. The van der Waals surface area contributed by atoms with Gasteiger partial charge in [0.2, 0.25) is 0 Å². The van der Waals surface area contributed by atoms with Crippen molar-refractivity contribution < 1.29 is 19.4 Å². The molecule has 0 heterocycles. The molecule has 7 nitrogen and oxygen atoms in total. The van der Waals surface area contributed by atoms with Crippen molar-refractivity contribution in [3.63, 3.8) is 0 Å². The molecule has 0 aliphatic rings. The second-order valence-corrected chi connectivity index (χ2v) is 4.42. The molecule has 0 spiro atoms. The normalized spacial score (nSPS) is 9.95. The highest BCUT2D eigenvalue weighted by Gasteiger charge is 2.18. The number of nitrogens with two attached hydrogens (primary N) is 2. The van der Waals surface area contributed by atoms with E-state index in [0.29, 0.717) is 5.56 Å². The van der Waals surface area contributed by atoms with Crippen LogP contribution in [0.4, 0.5) is 0 Å². The van der Waals surface area contributed by atoms with Crippen molar-refractivity contribution >= 4 is 17.9 Å². The number of hydrogen-bond donors (Lipinski definition) is 3. The van der Waals surface area contributed by atoms with Crippen molar-refractivity contribution in [2.24, 2.45) is 16.5 Å². The molecular weight excluding hydrogens is 274 g/mol.